The zero-order valence-electron chi connectivity index (χ0n) is 19.6. The molecule has 0 bridgehead atoms. The lowest BCUT2D eigenvalue weighted by Crippen LogP contribution is -2.47. The van der Waals surface area contributed by atoms with Gasteiger partial charge in [0.05, 0.1) is 21.3 Å². The van der Waals surface area contributed by atoms with Gasteiger partial charge in [0, 0.05) is 51.3 Å². The van der Waals surface area contributed by atoms with Crippen molar-refractivity contribution in [3.8, 4) is 17.2 Å². The molecule has 0 unspecified atom stereocenters. The van der Waals surface area contributed by atoms with Gasteiger partial charge in [0.15, 0.2) is 11.5 Å². The van der Waals surface area contributed by atoms with Crippen LogP contribution >= 0.6 is 0 Å². The van der Waals surface area contributed by atoms with Crippen LogP contribution in [0.15, 0.2) is 42.5 Å². The van der Waals surface area contributed by atoms with Gasteiger partial charge in [0.25, 0.3) is 5.91 Å². The van der Waals surface area contributed by atoms with E-state index >= 15 is 0 Å². The van der Waals surface area contributed by atoms with Crippen molar-refractivity contribution in [3.05, 3.63) is 53.6 Å². The SMILES string of the molecule is COc1cc(C(=O)N(CCC(=O)N2CCNCC2)CCc2ccccc2)cc(OC)c1OC. The van der Waals surface area contributed by atoms with Crippen LogP contribution < -0.4 is 19.5 Å². The molecule has 0 radical (unpaired) electrons. The average molecular weight is 456 g/mol. The minimum Gasteiger partial charge on any atom is -0.493 e. The third kappa shape index (κ3) is 6.38. The summed E-state index contributed by atoms with van der Waals surface area (Å²) in [4.78, 5) is 29.8. The number of nitrogens with zero attached hydrogens (tertiary/aromatic N) is 2. The van der Waals surface area contributed by atoms with Crippen molar-refractivity contribution in [2.75, 3.05) is 60.6 Å². The van der Waals surface area contributed by atoms with Crippen LogP contribution in [0.5, 0.6) is 17.2 Å². The fourth-order valence-corrected chi connectivity index (χ4v) is 3.91. The number of ether oxygens (including phenoxy) is 3. The summed E-state index contributed by atoms with van der Waals surface area (Å²) in [6.07, 6.45) is 0.976. The molecule has 0 aromatic heterocycles. The summed E-state index contributed by atoms with van der Waals surface area (Å²) in [5.74, 6) is 1.15. The molecule has 3 rings (SSSR count). The Morgan fingerprint density at radius 3 is 2.15 bits per heavy atom. The van der Waals surface area contributed by atoms with Crippen molar-refractivity contribution in [1.29, 1.82) is 0 Å². The lowest BCUT2D eigenvalue weighted by molar-refractivity contribution is -0.131. The zero-order valence-corrected chi connectivity index (χ0v) is 19.6. The third-order valence-corrected chi connectivity index (χ3v) is 5.78. The fourth-order valence-electron chi connectivity index (χ4n) is 3.91. The highest BCUT2D eigenvalue weighted by Crippen LogP contribution is 2.38. The number of hydrogen-bond acceptors (Lipinski definition) is 6. The van der Waals surface area contributed by atoms with Crippen molar-refractivity contribution in [2.24, 2.45) is 0 Å². The van der Waals surface area contributed by atoms with Crippen LogP contribution in [0.25, 0.3) is 0 Å². The molecule has 1 saturated heterocycles. The van der Waals surface area contributed by atoms with Crippen LogP contribution in [-0.4, -0.2) is 82.2 Å². The number of nitrogens with one attached hydrogen (secondary N) is 1. The lowest BCUT2D eigenvalue weighted by Gasteiger charge is -2.29. The number of piperazine rings is 1. The predicted molar refractivity (Wildman–Crippen MR) is 126 cm³/mol. The molecule has 2 aromatic carbocycles. The summed E-state index contributed by atoms with van der Waals surface area (Å²) in [6, 6.07) is 13.3. The smallest absolute Gasteiger partial charge is 0.254 e. The Labute approximate surface area is 195 Å². The Balaban J connectivity index is 1.79. The van der Waals surface area contributed by atoms with Crippen LogP contribution in [0.4, 0.5) is 0 Å². The fraction of sp³-hybridized carbons (Fsp3) is 0.440. The Bertz CT molecular complexity index is 904. The van der Waals surface area contributed by atoms with E-state index in [0.717, 1.165) is 18.7 Å². The van der Waals surface area contributed by atoms with Gasteiger partial charge in [-0.25, -0.2) is 0 Å². The largest absolute Gasteiger partial charge is 0.493 e. The first-order valence-electron chi connectivity index (χ1n) is 11.2. The summed E-state index contributed by atoms with van der Waals surface area (Å²) in [5.41, 5.74) is 1.56. The average Bonchev–Trinajstić information content (AvgIpc) is 2.88. The van der Waals surface area contributed by atoms with E-state index in [9.17, 15) is 9.59 Å². The second kappa shape index (κ2) is 12.1. The number of rotatable bonds is 10. The number of amides is 2. The summed E-state index contributed by atoms with van der Waals surface area (Å²) >= 11 is 0. The van der Waals surface area contributed by atoms with Crippen molar-refractivity contribution in [3.63, 3.8) is 0 Å². The molecular formula is C25H33N3O5. The van der Waals surface area contributed by atoms with E-state index in [1.54, 1.807) is 17.0 Å². The molecule has 1 aliphatic heterocycles. The van der Waals surface area contributed by atoms with Gasteiger partial charge in [-0.05, 0) is 24.1 Å². The molecule has 1 fully saturated rings. The summed E-state index contributed by atoms with van der Waals surface area (Å²) in [6.45, 7) is 3.83. The zero-order chi connectivity index (χ0) is 23.6. The minimum absolute atomic E-state index is 0.0684. The molecule has 0 aliphatic carbocycles. The van der Waals surface area contributed by atoms with E-state index in [4.69, 9.17) is 14.2 Å². The Morgan fingerprint density at radius 2 is 1.58 bits per heavy atom. The van der Waals surface area contributed by atoms with Gasteiger partial charge in [0.1, 0.15) is 0 Å². The summed E-state index contributed by atoms with van der Waals surface area (Å²) in [5, 5.41) is 3.25. The first-order valence-corrected chi connectivity index (χ1v) is 11.2. The monoisotopic (exact) mass is 455 g/mol. The molecule has 2 amide bonds. The van der Waals surface area contributed by atoms with E-state index in [1.807, 2.05) is 35.2 Å². The molecule has 2 aromatic rings. The van der Waals surface area contributed by atoms with Crippen molar-refractivity contribution < 1.29 is 23.8 Å². The van der Waals surface area contributed by atoms with Gasteiger partial charge in [-0.1, -0.05) is 30.3 Å². The lowest BCUT2D eigenvalue weighted by atomic mass is 10.1. The molecule has 178 valence electrons. The molecule has 0 spiro atoms. The maximum Gasteiger partial charge on any atom is 0.254 e. The quantitative estimate of drug-likeness (QED) is 0.592. The van der Waals surface area contributed by atoms with E-state index in [1.165, 1.54) is 21.3 Å². The predicted octanol–water partition coefficient (Wildman–Crippen LogP) is 2.22. The molecule has 33 heavy (non-hydrogen) atoms. The first-order chi connectivity index (χ1) is 16.1. The third-order valence-electron chi connectivity index (χ3n) is 5.78. The van der Waals surface area contributed by atoms with Crippen molar-refractivity contribution in [1.82, 2.24) is 15.1 Å². The van der Waals surface area contributed by atoms with Crippen LogP contribution in [-0.2, 0) is 11.2 Å². The summed E-state index contributed by atoms with van der Waals surface area (Å²) in [7, 11) is 4.56. The standard InChI is InChI=1S/C25H33N3O5/c1-31-21-17-20(18-22(32-2)24(21)33-3)25(30)28(13-9-19-7-5-4-6-8-19)14-10-23(29)27-15-11-26-12-16-27/h4-8,17-18,26H,9-16H2,1-3H3. The molecule has 8 heteroatoms. The van der Waals surface area contributed by atoms with Crippen LogP contribution in [0, 0.1) is 0 Å². The van der Waals surface area contributed by atoms with Crippen LogP contribution in [0.2, 0.25) is 0 Å². The highest BCUT2D eigenvalue weighted by Gasteiger charge is 2.23. The molecule has 1 aliphatic rings. The van der Waals surface area contributed by atoms with Crippen LogP contribution in [0.3, 0.4) is 0 Å². The second-order valence-corrected chi connectivity index (χ2v) is 7.82. The van der Waals surface area contributed by atoms with Crippen molar-refractivity contribution in [2.45, 2.75) is 12.8 Å². The Kier molecular flexibility index (Phi) is 8.95. The van der Waals surface area contributed by atoms with Gasteiger partial charge in [-0.2, -0.15) is 0 Å². The Hall–Kier alpha value is -3.26. The number of carbonyl (C=O) groups is 2. The van der Waals surface area contributed by atoms with Gasteiger partial charge >= 0.3 is 0 Å². The molecule has 8 nitrogen and oxygen atoms in total. The van der Waals surface area contributed by atoms with Gasteiger partial charge < -0.3 is 29.3 Å². The van der Waals surface area contributed by atoms with Crippen molar-refractivity contribution >= 4 is 11.8 Å². The highest BCUT2D eigenvalue weighted by molar-refractivity contribution is 5.96. The van der Waals surface area contributed by atoms with E-state index in [2.05, 4.69) is 5.32 Å². The number of hydrogen-bond donors (Lipinski definition) is 1. The number of benzene rings is 2. The molecule has 0 saturated carbocycles. The molecular weight excluding hydrogens is 422 g/mol. The van der Waals surface area contributed by atoms with Crippen LogP contribution in [0.1, 0.15) is 22.3 Å². The summed E-state index contributed by atoms with van der Waals surface area (Å²) < 4.78 is 16.2. The Morgan fingerprint density at radius 1 is 0.939 bits per heavy atom. The van der Waals surface area contributed by atoms with Gasteiger partial charge in [0.2, 0.25) is 11.7 Å². The maximum atomic E-state index is 13.5. The molecule has 1 heterocycles. The normalized spacial score (nSPS) is 13.4. The molecule has 1 N–H and O–H groups in total. The number of carbonyl (C=O) groups excluding carboxylic acids is 2. The first kappa shape index (κ1) is 24.4. The van der Waals surface area contributed by atoms with Gasteiger partial charge in [-0.3, -0.25) is 9.59 Å². The second-order valence-electron chi connectivity index (χ2n) is 7.82. The van der Waals surface area contributed by atoms with Gasteiger partial charge in [-0.15, -0.1) is 0 Å². The van der Waals surface area contributed by atoms with E-state index in [0.29, 0.717) is 55.4 Å². The molecule has 0 atom stereocenters. The number of methoxy groups -OCH3 is 3. The minimum atomic E-state index is -0.182. The maximum absolute atomic E-state index is 13.5. The van der Waals surface area contributed by atoms with E-state index < -0.39 is 0 Å². The topological polar surface area (TPSA) is 80.3 Å². The van der Waals surface area contributed by atoms with E-state index in [-0.39, 0.29) is 18.2 Å². The highest BCUT2D eigenvalue weighted by atomic mass is 16.5.